The highest BCUT2D eigenvalue weighted by Crippen LogP contribution is 2.29. The van der Waals surface area contributed by atoms with Crippen LogP contribution in [-0.4, -0.2) is 18.2 Å². The number of benzene rings is 2. The Labute approximate surface area is 125 Å². The third kappa shape index (κ3) is 3.43. The van der Waals surface area contributed by atoms with E-state index in [2.05, 4.69) is 32.9 Å². The van der Waals surface area contributed by atoms with Gasteiger partial charge in [-0.1, -0.05) is 45.0 Å². The van der Waals surface area contributed by atoms with Gasteiger partial charge in [0.1, 0.15) is 5.75 Å². The van der Waals surface area contributed by atoms with Gasteiger partial charge in [-0.25, -0.2) is 4.79 Å². The van der Waals surface area contributed by atoms with E-state index in [1.165, 1.54) is 18.7 Å². The molecule has 0 radical (unpaired) electrons. The van der Waals surface area contributed by atoms with Gasteiger partial charge in [-0.3, -0.25) is 0 Å². The van der Waals surface area contributed by atoms with Gasteiger partial charge in [0.05, 0.1) is 12.7 Å². The van der Waals surface area contributed by atoms with Crippen molar-refractivity contribution in [2.24, 2.45) is 0 Å². The lowest BCUT2D eigenvalue weighted by atomic mass is 9.86. The molecule has 2 rings (SSSR count). The number of carboxylic acid groups (broad SMARTS) is 1. The molecule has 0 saturated carbocycles. The monoisotopic (exact) mass is 284 g/mol. The van der Waals surface area contributed by atoms with Crippen molar-refractivity contribution in [1.29, 1.82) is 0 Å². The zero-order chi connectivity index (χ0) is 15.6. The number of aromatic carboxylic acids is 1. The topological polar surface area (TPSA) is 46.5 Å². The minimum Gasteiger partial charge on any atom is -0.497 e. The molecular weight excluding hydrogens is 264 g/mol. The molecule has 0 amide bonds. The fourth-order valence-corrected chi connectivity index (χ4v) is 2.17. The third-order valence-corrected chi connectivity index (χ3v) is 3.47. The van der Waals surface area contributed by atoms with Crippen LogP contribution in [0.3, 0.4) is 0 Å². The summed E-state index contributed by atoms with van der Waals surface area (Å²) in [4.78, 5) is 11.2. The van der Waals surface area contributed by atoms with E-state index < -0.39 is 5.97 Å². The van der Waals surface area contributed by atoms with Crippen LogP contribution in [-0.2, 0) is 5.41 Å². The van der Waals surface area contributed by atoms with E-state index in [0.29, 0.717) is 5.75 Å². The number of carbonyl (C=O) groups is 1. The van der Waals surface area contributed by atoms with Crippen molar-refractivity contribution >= 4 is 5.97 Å². The standard InChI is InChI=1S/C18H20O3/c1-18(2,3)15-7-5-12(6-8-15)13-9-14(17(19)20)11-16(10-13)21-4/h5-11H,1-4H3,(H,19,20). The maximum absolute atomic E-state index is 11.2. The van der Waals surface area contributed by atoms with Gasteiger partial charge in [0.15, 0.2) is 0 Å². The molecule has 2 aromatic carbocycles. The molecule has 3 heteroatoms. The van der Waals surface area contributed by atoms with E-state index in [1.54, 1.807) is 6.07 Å². The van der Waals surface area contributed by atoms with E-state index >= 15 is 0 Å². The van der Waals surface area contributed by atoms with Gasteiger partial charge >= 0.3 is 5.97 Å². The molecular formula is C18H20O3. The first-order valence-corrected chi connectivity index (χ1v) is 6.84. The van der Waals surface area contributed by atoms with Crippen LogP contribution < -0.4 is 4.74 Å². The van der Waals surface area contributed by atoms with Gasteiger partial charge < -0.3 is 9.84 Å². The van der Waals surface area contributed by atoms with E-state index in [-0.39, 0.29) is 11.0 Å². The lowest BCUT2D eigenvalue weighted by molar-refractivity contribution is 0.0696. The highest BCUT2D eigenvalue weighted by atomic mass is 16.5. The average molecular weight is 284 g/mol. The minimum absolute atomic E-state index is 0.0964. The van der Waals surface area contributed by atoms with E-state index in [0.717, 1.165) is 11.1 Å². The van der Waals surface area contributed by atoms with Crippen LogP contribution in [0.15, 0.2) is 42.5 Å². The molecule has 1 N–H and O–H groups in total. The normalized spacial score (nSPS) is 11.2. The largest absolute Gasteiger partial charge is 0.497 e. The van der Waals surface area contributed by atoms with Crippen molar-refractivity contribution in [2.75, 3.05) is 7.11 Å². The molecule has 0 bridgehead atoms. The van der Waals surface area contributed by atoms with Gasteiger partial charge in [-0.05, 0) is 40.3 Å². The van der Waals surface area contributed by atoms with Gasteiger partial charge in [0.25, 0.3) is 0 Å². The molecule has 0 aliphatic rings. The molecule has 0 unspecified atom stereocenters. The Balaban J connectivity index is 2.46. The molecule has 21 heavy (non-hydrogen) atoms. The van der Waals surface area contributed by atoms with E-state index in [9.17, 15) is 9.90 Å². The number of hydrogen-bond donors (Lipinski definition) is 1. The molecule has 0 heterocycles. The van der Waals surface area contributed by atoms with Gasteiger partial charge in [0.2, 0.25) is 0 Å². The predicted molar refractivity (Wildman–Crippen MR) is 84.1 cm³/mol. The fourth-order valence-electron chi connectivity index (χ4n) is 2.17. The van der Waals surface area contributed by atoms with Crippen LogP contribution in [0.1, 0.15) is 36.7 Å². The van der Waals surface area contributed by atoms with Crippen molar-refractivity contribution in [3.63, 3.8) is 0 Å². The molecule has 0 aromatic heterocycles. The fraction of sp³-hybridized carbons (Fsp3) is 0.278. The Morgan fingerprint density at radius 3 is 2.10 bits per heavy atom. The zero-order valence-electron chi connectivity index (χ0n) is 12.8. The molecule has 0 atom stereocenters. The number of hydrogen-bond acceptors (Lipinski definition) is 2. The van der Waals surface area contributed by atoms with Crippen LogP contribution in [0.4, 0.5) is 0 Å². The number of methoxy groups -OCH3 is 1. The van der Waals surface area contributed by atoms with Crippen LogP contribution in [0.5, 0.6) is 5.75 Å². The van der Waals surface area contributed by atoms with Crippen LogP contribution in [0, 0.1) is 0 Å². The summed E-state index contributed by atoms with van der Waals surface area (Å²) < 4.78 is 5.18. The number of rotatable bonds is 3. The van der Waals surface area contributed by atoms with Gasteiger partial charge in [-0.2, -0.15) is 0 Å². The quantitative estimate of drug-likeness (QED) is 0.911. The highest BCUT2D eigenvalue weighted by molar-refractivity contribution is 5.90. The molecule has 0 fully saturated rings. The summed E-state index contributed by atoms with van der Waals surface area (Å²) in [7, 11) is 1.54. The van der Waals surface area contributed by atoms with E-state index in [1.807, 2.05) is 18.2 Å². The Morgan fingerprint density at radius 2 is 1.62 bits per heavy atom. The van der Waals surface area contributed by atoms with Crippen molar-refractivity contribution in [3.8, 4) is 16.9 Å². The third-order valence-electron chi connectivity index (χ3n) is 3.47. The predicted octanol–water partition coefficient (Wildman–Crippen LogP) is 4.36. The molecule has 3 nitrogen and oxygen atoms in total. The van der Waals surface area contributed by atoms with Crippen molar-refractivity contribution in [2.45, 2.75) is 26.2 Å². The Bertz CT molecular complexity index is 649. The first-order chi connectivity index (χ1) is 9.81. The molecule has 0 saturated heterocycles. The number of carboxylic acids is 1. The second kappa shape index (κ2) is 5.60. The number of ether oxygens (including phenoxy) is 1. The maximum atomic E-state index is 11.2. The lowest BCUT2D eigenvalue weighted by Gasteiger charge is -2.19. The summed E-state index contributed by atoms with van der Waals surface area (Å²) in [6.07, 6.45) is 0. The molecule has 110 valence electrons. The zero-order valence-corrected chi connectivity index (χ0v) is 12.8. The summed E-state index contributed by atoms with van der Waals surface area (Å²) in [6, 6.07) is 13.2. The van der Waals surface area contributed by atoms with E-state index in [4.69, 9.17) is 4.74 Å². The first kappa shape index (κ1) is 15.1. The first-order valence-electron chi connectivity index (χ1n) is 6.84. The van der Waals surface area contributed by atoms with Gasteiger partial charge in [-0.15, -0.1) is 0 Å². The lowest BCUT2D eigenvalue weighted by Crippen LogP contribution is -2.10. The Hall–Kier alpha value is -2.29. The van der Waals surface area contributed by atoms with Crippen molar-refractivity contribution in [3.05, 3.63) is 53.6 Å². The van der Waals surface area contributed by atoms with Crippen LogP contribution in [0.2, 0.25) is 0 Å². The molecule has 2 aromatic rings. The summed E-state index contributed by atoms with van der Waals surface area (Å²) in [5, 5.41) is 9.17. The Kier molecular flexibility index (Phi) is 4.03. The van der Waals surface area contributed by atoms with Crippen molar-refractivity contribution in [1.82, 2.24) is 0 Å². The van der Waals surface area contributed by atoms with Gasteiger partial charge in [0, 0.05) is 0 Å². The molecule has 0 spiro atoms. The van der Waals surface area contributed by atoms with Crippen molar-refractivity contribution < 1.29 is 14.6 Å². The van der Waals surface area contributed by atoms with Crippen LogP contribution in [0.25, 0.3) is 11.1 Å². The summed E-state index contributed by atoms with van der Waals surface area (Å²) in [5.41, 5.74) is 3.38. The Morgan fingerprint density at radius 1 is 1.00 bits per heavy atom. The summed E-state index contributed by atoms with van der Waals surface area (Å²) in [6.45, 7) is 6.49. The summed E-state index contributed by atoms with van der Waals surface area (Å²) >= 11 is 0. The minimum atomic E-state index is -0.957. The van der Waals surface area contributed by atoms with Crippen LogP contribution >= 0.6 is 0 Å². The molecule has 0 aliphatic heterocycles. The second-order valence-corrected chi connectivity index (χ2v) is 6.08. The average Bonchev–Trinajstić information content (AvgIpc) is 2.46. The summed E-state index contributed by atoms with van der Waals surface area (Å²) in [5.74, 6) is -0.411. The second-order valence-electron chi connectivity index (χ2n) is 6.08. The molecule has 0 aliphatic carbocycles. The highest BCUT2D eigenvalue weighted by Gasteiger charge is 2.14. The maximum Gasteiger partial charge on any atom is 0.335 e. The smallest absolute Gasteiger partial charge is 0.335 e. The SMILES string of the molecule is COc1cc(C(=O)O)cc(-c2ccc(C(C)(C)C)cc2)c1.